The number of rotatable bonds is 8. The van der Waals surface area contributed by atoms with Gasteiger partial charge in [-0.3, -0.25) is 0 Å². The number of fused-ring (bicyclic) bond motifs is 5. The van der Waals surface area contributed by atoms with E-state index in [1.807, 2.05) is 12.1 Å². The summed E-state index contributed by atoms with van der Waals surface area (Å²) in [6.07, 6.45) is 9.88. The van der Waals surface area contributed by atoms with Crippen LogP contribution in [0.15, 0.2) is 29.8 Å². The van der Waals surface area contributed by atoms with E-state index in [0.717, 1.165) is 31.4 Å². The van der Waals surface area contributed by atoms with Crippen molar-refractivity contribution in [3.05, 3.63) is 41.0 Å². The van der Waals surface area contributed by atoms with Gasteiger partial charge < -0.3 is 19.5 Å². The quantitative estimate of drug-likeness (QED) is 0.492. The van der Waals surface area contributed by atoms with Gasteiger partial charge in [0.05, 0.1) is 26.4 Å². The maximum Gasteiger partial charge on any atom is 0.115 e. The molecule has 1 aromatic rings. The lowest BCUT2D eigenvalue weighted by Crippen LogP contribution is -2.40. The zero-order chi connectivity index (χ0) is 21.1. The van der Waals surface area contributed by atoms with Gasteiger partial charge >= 0.3 is 0 Å². The van der Waals surface area contributed by atoms with Gasteiger partial charge in [-0.2, -0.15) is 0 Å². The summed E-state index contributed by atoms with van der Waals surface area (Å²) < 4.78 is 11.5. The fraction of sp³-hybridized carbons (Fsp3) is 0.692. The van der Waals surface area contributed by atoms with E-state index in [-0.39, 0.29) is 0 Å². The zero-order valence-electron chi connectivity index (χ0n) is 19.0. The van der Waals surface area contributed by atoms with E-state index >= 15 is 0 Å². The molecule has 0 bridgehead atoms. The predicted molar refractivity (Wildman–Crippen MR) is 121 cm³/mol. The lowest BCUT2D eigenvalue weighted by Gasteiger charge is -2.49. The topological polar surface area (TPSA) is 41.9 Å². The molecule has 2 saturated carbocycles. The van der Waals surface area contributed by atoms with Crippen LogP contribution in [0.3, 0.4) is 0 Å². The molecule has 0 saturated heterocycles. The standard InChI is InChI=1S/C26H39NO3/c1-26-12-10-23-22-8-6-21(28)18-19(22)4-7-24(23)25(26)9-5-20(26)11-14-29-16-17-30-15-13-27(2)3/h6,8,11,18,23-25,28H,4-5,7,9-10,12-17H2,1-3H3. The molecule has 0 amide bonds. The van der Waals surface area contributed by atoms with Crippen LogP contribution in [0.25, 0.3) is 0 Å². The number of nitrogens with zero attached hydrogens (tertiary/aromatic N) is 1. The van der Waals surface area contributed by atoms with Gasteiger partial charge in [0.15, 0.2) is 0 Å². The maximum absolute atomic E-state index is 9.87. The molecule has 1 N–H and O–H groups in total. The maximum atomic E-state index is 9.87. The summed E-state index contributed by atoms with van der Waals surface area (Å²) in [4.78, 5) is 2.13. The highest BCUT2D eigenvalue weighted by atomic mass is 16.5. The van der Waals surface area contributed by atoms with Gasteiger partial charge in [-0.05, 0) is 99.0 Å². The molecule has 0 aliphatic heterocycles. The smallest absolute Gasteiger partial charge is 0.115 e. The van der Waals surface area contributed by atoms with E-state index < -0.39 is 0 Å². The first-order valence-electron chi connectivity index (χ1n) is 11.8. The highest BCUT2D eigenvalue weighted by molar-refractivity contribution is 5.40. The molecule has 0 radical (unpaired) electrons. The van der Waals surface area contributed by atoms with E-state index in [4.69, 9.17) is 9.47 Å². The van der Waals surface area contributed by atoms with Crippen molar-refractivity contribution in [2.24, 2.45) is 17.3 Å². The summed E-state index contributed by atoms with van der Waals surface area (Å²) in [6.45, 7) is 6.30. The summed E-state index contributed by atoms with van der Waals surface area (Å²) in [5.41, 5.74) is 4.88. The van der Waals surface area contributed by atoms with Crippen molar-refractivity contribution in [3.8, 4) is 5.75 Å². The van der Waals surface area contributed by atoms with Crippen LogP contribution >= 0.6 is 0 Å². The Labute approximate surface area is 182 Å². The van der Waals surface area contributed by atoms with Gasteiger partial charge in [0.1, 0.15) is 5.75 Å². The van der Waals surface area contributed by atoms with Crippen molar-refractivity contribution in [2.45, 2.75) is 51.4 Å². The normalized spacial score (nSPS) is 31.6. The van der Waals surface area contributed by atoms with Crippen LogP contribution < -0.4 is 0 Å². The Morgan fingerprint density at radius 3 is 2.77 bits per heavy atom. The Bertz CT molecular complexity index is 759. The lowest BCUT2D eigenvalue weighted by molar-refractivity contribution is 0.0512. The molecular formula is C26H39NO3. The van der Waals surface area contributed by atoms with Crippen molar-refractivity contribution >= 4 is 0 Å². The Morgan fingerprint density at radius 1 is 1.10 bits per heavy atom. The Kier molecular flexibility index (Phi) is 6.86. The Hall–Kier alpha value is -1.36. The van der Waals surface area contributed by atoms with Crippen LogP contribution in [0.2, 0.25) is 0 Å². The summed E-state index contributed by atoms with van der Waals surface area (Å²) in [5.74, 6) is 2.68. The third kappa shape index (κ3) is 4.46. The molecule has 4 atom stereocenters. The number of allylic oxidation sites excluding steroid dienone is 1. The minimum atomic E-state index is 0.348. The monoisotopic (exact) mass is 413 g/mol. The van der Waals surface area contributed by atoms with Gasteiger partial charge in [-0.15, -0.1) is 0 Å². The van der Waals surface area contributed by atoms with Gasteiger partial charge in [-0.1, -0.05) is 24.6 Å². The van der Waals surface area contributed by atoms with E-state index in [1.54, 1.807) is 5.57 Å². The molecule has 166 valence electrons. The summed E-state index contributed by atoms with van der Waals surface area (Å²) in [6, 6.07) is 6.09. The number of hydrogen-bond acceptors (Lipinski definition) is 4. The first-order valence-corrected chi connectivity index (χ1v) is 11.8. The molecule has 3 aliphatic carbocycles. The second-order valence-electron chi connectivity index (χ2n) is 10.0. The summed E-state index contributed by atoms with van der Waals surface area (Å²) in [5, 5.41) is 9.87. The SMILES string of the molecule is CN(C)CCOCCOCC=C1CCC2C3CCc4cc(O)ccc4C3CCC12C. The largest absolute Gasteiger partial charge is 0.508 e. The molecule has 4 heteroatoms. The average molecular weight is 414 g/mol. The highest BCUT2D eigenvalue weighted by Gasteiger charge is 2.52. The average Bonchev–Trinajstić information content (AvgIpc) is 3.05. The van der Waals surface area contributed by atoms with Crippen LogP contribution in [0.4, 0.5) is 0 Å². The molecule has 1 aromatic carbocycles. The number of ether oxygens (including phenoxy) is 2. The summed E-state index contributed by atoms with van der Waals surface area (Å²) >= 11 is 0. The number of aryl methyl sites for hydroxylation is 1. The molecular weight excluding hydrogens is 374 g/mol. The lowest BCUT2D eigenvalue weighted by atomic mass is 9.55. The number of phenolic OH excluding ortho intramolecular Hbond substituents is 1. The fourth-order valence-electron chi connectivity index (χ4n) is 6.46. The highest BCUT2D eigenvalue weighted by Crippen LogP contribution is 2.62. The molecule has 2 fully saturated rings. The fourth-order valence-corrected chi connectivity index (χ4v) is 6.46. The molecule has 0 heterocycles. The molecule has 4 unspecified atom stereocenters. The second-order valence-corrected chi connectivity index (χ2v) is 10.0. The molecule has 30 heavy (non-hydrogen) atoms. The van der Waals surface area contributed by atoms with Crippen molar-refractivity contribution in [1.29, 1.82) is 0 Å². The molecule has 4 rings (SSSR count). The Morgan fingerprint density at radius 2 is 1.93 bits per heavy atom. The molecule has 3 aliphatic rings. The summed E-state index contributed by atoms with van der Waals surface area (Å²) in [7, 11) is 4.12. The number of aromatic hydroxyl groups is 1. The van der Waals surface area contributed by atoms with E-state index in [9.17, 15) is 5.11 Å². The van der Waals surface area contributed by atoms with Crippen molar-refractivity contribution in [1.82, 2.24) is 4.90 Å². The predicted octanol–water partition coefficient (Wildman–Crippen LogP) is 4.77. The van der Waals surface area contributed by atoms with Gasteiger partial charge in [0.2, 0.25) is 0 Å². The first kappa shape index (κ1) is 21.9. The number of benzene rings is 1. The van der Waals surface area contributed by atoms with E-state index in [1.165, 1.54) is 43.2 Å². The number of phenols is 1. The van der Waals surface area contributed by atoms with E-state index in [0.29, 0.717) is 36.9 Å². The Balaban J connectivity index is 1.32. The number of hydrogen-bond donors (Lipinski definition) is 1. The third-order valence-electron chi connectivity index (χ3n) is 8.06. The first-order chi connectivity index (χ1) is 14.5. The molecule has 4 nitrogen and oxygen atoms in total. The minimum absolute atomic E-state index is 0.348. The zero-order valence-corrected chi connectivity index (χ0v) is 19.0. The molecule has 0 aromatic heterocycles. The number of likely N-dealkylation sites (N-methyl/N-ethyl adjacent to an activating group) is 1. The van der Waals surface area contributed by atoms with Crippen molar-refractivity contribution in [2.75, 3.05) is 47.1 Å². The van der Waals surface area contributed by atoms with Gasteiger partial charge in [-0.25, -0.2) is 0 Å². The minimum Gasteiger partial charge on any atom is -0.508 e. The van der Waals surface area contributed by atoms with Gasteiger partial charge in [0, 0.05) is 6.54 Å². The van der Waals surface area contributed by atoms with Crippen LogP contribution in [-0.4, -0.2) is 57.1 Å². The van der Waals surface area contributed by atoms with E-state index in [2.05, 4.69) is 38.1 Å². The van der Waals surface area contributed by atoms with Crippen LogP contribution in [0, 0.1) is 17.3 Å². The van der Waals surface area contributed by atoms with Crippen LogP contribution in [0.5, 0.6) is 5.75 Å². The molecule has 0 spiro atoms. The van der Waals surface area contributed by atoms with Crippen molar-refractivity contribution < 1.29 is 14.6 Å². The van der Waals surface area contributed by atoms with Crippen LogP contribution in [0.1, 0.15) is 56.1 Å². The van der Waals surface area contributed by atoms with Crippen molar-refractivity contribution in [3.63, 3.8) is 0 Å². The second kappa shape index (κ2) is 9.42. The van der Waals surface area contributed by atoms with Gasteiger partial charge in [0.25, 0.3) is 0 Å². The van der Waals surface area contributed by atoms with Crippen LogP contribution in [-0.2, 0) is 15.9 Å². The third-order valence-corrected chi connectivity index (χ3v) is 8.06.